The molecule has 0 aromatic heterocycles. The molecule has 2 aliphatic heterocycles. The van der Waals surface area contributed by atoms with E-state index >= 15 is 0 Å². The van der Waals surface area contributed by atoms with E-state index in [2.05, 4.69) is 0 Å². The standard InChI is InChI=1S/C44H48O22/c1-19(47)61-36-34(52)32(50)28(15-45)65-39(36)63-26-9-5-3-7-21(26)17-59-41(55)43(57)25-13-11-24(38(43)54)23-12-14-30(49)44(58,31(23)25)42(56)60-18-22-8-4-6-10-27(22)64-40-37(62-20(2)48)35(53)33(51)29(16-46)66-40/h3-14,23-25,28-29,31-37,39-40,45-46,50-53,57-58H,15-18H2,1-2H3/t23?,24?,25?,28?,29?,31?,32-,33-,34?,35?,36+,37+,39-,40-,43-,44+/m0/s1. The Morgan fingerprint density at radius 1 is 0.636 bits per heavy atom. The Labute approximate surface area is 374 Å². The van der Waals surface area contributed by atoms with Gasteiger partial charge in [0.25, 0.3) is 0 Å². The molecule has 22 nitrogen and oxygen atoms in total. The number of esters is 4. The van der Waals surface area contributed by atoms with Crippen LogP contribution in [0.1, 0.15) is 25.0 Å². The molecule has 6 aliphatic rings. The highest BCUT2D eigenvalue weighted by Gasteiger charge is 2.71. The fourth-order valence-electron chi connectivity index (χ4n) is 8.94. The van der Waals surface area contributed by atoms with Gasteiger partial charge in [-0.2, -0.15) is 0 Å². The molecule has 8 rings (SSSR count). The number of allylic oxidation sites excluding steroid dienone is 2. The van der Waals surface area contributed by atoms with E-state index < -0.39 is 158 Å². The van der Waals surface area contributed by atoms with Crippen LogP contribution in [0.2, 0.25) is 0 Å². The lowest BCUT2D eigenvalue weighted by molar-refractivity contribution is -0.282. The molecule has 2 aromatic carbocycles. The van der Waals surface area contributed by atoms with Crippen LogP contribution in [0.15, 0.2) is 72.8 Å². The van der Waals surface area contributed by atoms with Gasteiger partial charge in [0.2, 0.25) is 23.8 Å². The van der Waals surface area contributed by atoms with Gasteiger partial charge in [0, 0.05) is 42.7 Å². The van der Waals surface area contributed by atoms with Gasteiger partial charge >= 0.3 is 23.9 Å². The van der Waals surface area contributed by atoms with E-state index in [1.54, 1.807) is 0 Å². The fraction of sp³-hybridized carbons (Fsp3) is 0.500. The number of Topliss-reactive ketones (excluding diaryl/α,β-unsaturated/α-hetero) is 1. The minimum Gasteiger partial charge on any atom is -0.460 e. The number of ether oxygens (including phenoxy) is 8. The van der Waals surface area contributed by atoms with Gasteiger partial charge in [0.15, 0.2) is 23.8 Å². The molecule has 66 heavy (non-hydrogen) atoms. The summed E-state index contributed by atoms with van der Waals surface area (Å²) in [5.74, 6) is -13.0. The van der Waals surface area contributed by atoms with Crippen molar-refractivity contribution in [2.45, 2.75) is 99.7 Å². The van der Waals surface area contributed by atoms with E-state index in [1.807, 2.05) is 0 Å². The molecule has 3 fully saturated rings. The Hall–Kier alpha value is -5.66. The lowest BCUT2D eigenvalue weighted by Gasteiger charge is -2.54. The second-order valence-corrected chi connectivity index (χ2v) is 16.3. The van der Waals surface area contributed by atoms with E-state index in [0.717, 1.165) is 19.9 Å². The Kier molecular flexibility index (Phi) is 14.1. The molecular formula is C44H48O22. The van der Waals surface area contributed by atoms with Crippen molar-refractivity contribution in [2.75, 3.05) is 13.2 Å². The molecule has 16 atom stereocenters. The van der Waals surface area contributed by atoms with Crippen LogP contribution < -0.4 is 9.47 Å². The fourth-order valence-corrected chi connectivity index (χ4v) is 8.94. The highest BCUT2D eigenvalue weighted by molar-refractivity contribution is 6.16. The molecule has 8 N–H and O–H groups in total. The highest BCUT2D eigenvalue weighted by Crippen LogP contribution is 2.55. The molecule has 1 saturated carbocycles. The topological polar surface area (TPSA) is 338 Å². The first-order chi connectivity index (χ1) is 31.4. The zero-order valence-electron chi connectivity index (χ0n) is 35.1. The number of rotatable bonds is 14. The normalized spacial score (nSPS) is 36.8. The molecule has 2 bridgehead atoms. The molecule has 0 amide bonds. The lowest BCUT2D eigenvalue weighted by atomic mass is 9.49. The van der Waals surface area contributed by atoms with Gasteiger partial charge in [0.05, 0.1) is 13.2 Å². The van der Waals surface area contributed by atoms with E-state index in [9.17, 15) is 69.6 Å². The number of hydrogen-bond donors (Lipinski definition) is 8. The van der Waals surface area contributed by atoms with Crippen molar-refractivity contribution in [3.63, 3.8) is 0 Å². The van der Waals surface area contributed by atoms with Crippen molar-refractivity contribution in [1.29, 1.82) is 0 Å². The van der Waals surface area contributed by atoms with Crippen LogP contribution in [0.3, 0.4) is 0 Å². The molecule has 2 saturated heterocycles. The average Bonchev–Trinajstić information content (AvgIpc) is 3.29. The van der Waals surface area contributed by atoms with Crippen molar-refractivity contribution in [3.05, 3.63) is 84.0 Å². The summed E-state index contributed by atoms with van der Waals surface area (Å²) in [6, 6.07) is 11.6. The Morgan fingerprint density at radius 2 is 1.09 bits per heavy atom. The second-order valence-electron chi connectivity index (χ2n) is 16.3. The van der Waals surface area contributed by atoms with Crippen molar-refractivity contribution >= 4 is 35.4 Å². The third-order valence-corrected chi connectivity index (χ3v) is 12.3. The van der Waals surface area contributed by atoms with E-state index in [4.69, 9.17) is 37.9 Å². The maximum absolute atomic E-state index is 14.1. The largest absolute Gasteiger partial charge is 0.460 e. The number of ketones is 2. The average molecular weight is 929 g/mol. The summed E-state index contributed by atoms with van der Waals surface area (Å²) in [5.41, 5.74) is -5.99. The number of hydrogen-bond acceptors (Lipinski definition) is 22. The first kappa shape index (κ1) is 48.3. The quantitative estimate of drug-likeness (QED) is 0.0410. The van der Waals surface area contributed by atoms with Crippen molar-refractivity contribution in [3.8, 4) is 11.5 Å². The summed E-state index contributed by atoms with van der Waals surface area (Å²) in [6.45, 7) is -0.822. The van der Waals surface area contributed by atoms with Gasteiger partial charge in [0.1, 0.15) is 61.3 Å². The Morgan fingerprint density at radius 3 is 1.55 bits per heavy atom. The first-order valence-corrected chi connectivity index (χ1v) is 20.7. The minimum atomic E-state index is -3.09. The number of benzene rings is 2. The predicted molar refractivity (Wildman–Crippen MR) is 213 cm³/mol. The van der Waals surface area contributed by atoms with Crippen molar-refractivity contribution in [1.82, 2.24) is 0 Å². The predicted octanol–water partition coefficient (Wildman–Crippen LogP) is -2.81. The van der Waals surface area contributed by atoms with Gasteiger partial charge in [-0.1, -0.05) is 54.6 Å². The summed E-state index contributed by atoms with van der Waals surface area (Å²) in [6.07, 6.45) is -11.2. The third-order valence-electron chi connectivity index (χ3n) is 12.3. The van der Waals surface area contributed by atoms with Gasteiger partial charge in [-0.05, 0) is 24.1 Å². The van der Waals surface area contributed by atoms with Crippen LogP contribution in [-0.4, -0.2) is 162 Å². The molecule has 8 unspecified atom stereocenters. The molecule has 4 aliphatic carbocycles. The van der Waals surface area contributed by atoms with E-state index in [-0.39, 0.29) is 22.6 Å². The van der Waals surface area contributed by atoms with Gasteiger partial charge in [-0.15, -0.1) is 0 Å². The maximum Gasteiger partial charge on any atom is 0.347 e. The highest BCUT2D eigenvalue weighted by atomic mass is 16.7. The van der Waals surface area contributed by atoms with Crippen LogP contribution in [0, 0.1) is 23.7 Å². The summed E-state index contributed by atoms with van der Waals surface area (Å²) >= 11 is 0. The summed E-state index contributed by atoms with van der Waals surface area (Å²) < 4.78 is 44.2. The summed E-state index contributed by atoms with van der Waals surface area (Å²) in [4.78, 5) is 79.3. The van der Waals surface area contributed by atoms with Gasteiger partial charge < -0.3 is 78.7 Å². The molecule has 0 radical (unpaired) electrons. The van der Waals surface area contributed by atoms with E-state index in [1.165, 1.54) is 66.8 Å². The lowest BCUT2D eigenvalue weighted by Crippen LogP contribution is -2.72. The molecular weight excluding hydrogens is 880 g/mol. The summed E-state index contributed by atoms with van der Waals surface area (Å²) in [5, 5.41) is 85.7. The molecule has 0 spiro atoms. The van der Waals surface area contributed by atoms with Crippen LogP contribution >= 0.6 is 0 Å². The van der Waals surface area contributed by atoms with Crippen molar-refractivity contribution < 1.29 is 108 Å². The second kappa shape index (κ2) is 19.3. The molecule has 2 heterocycles. The van der Waals surface area contributed by atoms with Crippen LogP contribution in [0.4, 0.5) is 0 Å². The monoisotopic (exact) mass is 928 g/mol. The molecule has 22 heteroatoms. The van der Waals surface area contributed by atoms with Gasteiger partial charge in [-0.25, -0.2) is 9.59 Å². The number of aliphatic hydroxyl groups excluding tert-OH is 6. The number of fused-ring (bicyclic) bond motifs is 1. The number of aliphatic hydroxyl groups is 8. The minimum absolute atomic E-state index is 0.0792. The SMILES string of the molecule is CC(=O)O[C@@H]1C(O)[C@@H](O)C(CO)O[C@@H]1Oc1ccccc1COC(=O)[C@@]1(O)C(=O)C2C=CC1C1C2C=CC(=O)[C@]1(O)C(=O)OCc1ccccc1O[C@H]1OC(CO)[C@H](O)C(O)[C@H]1OC(C)=O. The van der Waals surface area contributed by atoms with Crippen LogP contribution in [0.25, 0.3) is 0 Å². The zero-order chi connectivity index (χ0) is 47.8. The van der Waals surface area contributed by atoms with Crippen molar-refractivity contribution in [2.24, 2.45) is 23.7 Å². The number of carbonyl (C=O) groups is 6. The maximum atomic E-state index is 14.1. The molecule has 2 aromatic rings. The van der Waals surface area contributed by atoms with Gasteiger partial charge in [-0.3, -0.25) is 19.2 Å². The smallest absolute Gasteiger partial charge is 0.347 e. The molecule has 356 valence electrons. The number of para-hydroxylation sites is 2. The van der Waals surface area contributed by atoms with Crippen LogP contribution in [0.5, 0.6) is 11.5 Å². The Balaban J connectivity index is 1.09. The Bertz CT molecular complexity index is 2260. The zero-order valence-corrected chi connectivity index (χ0v) is 35.1. The first-order valence-electron chi connectivity index (χ1n) is 20.7. The van der Waals surface area contributed by atoms with Crippen LogP contribution in [-0.2, 0) is 70.4 Å². The summed E-state index contributed by atoms with van der Waals surface area (Å²) in [7, 11) is 0. The third kappa shape index (κ3) is 8.72. The number of carbonyl (C=O) groups excluding carboxylic acids is 6. The van der Waals surface area contributed by atoms with E-state index in [0.29, 0.717) is 0 Å².